The van der Waals surface area contributed by atoms with Crippen molar-refractivity contribution in [3.63, 3.8) is 0 Å². The highest BCUT2D eigenvalue weighted by Gasteiger charge is 2.30. The Morgan fingerprint density at radius 2 is 1.42 bits per heavy atom. The van der Waals surface area contributed by atoms with Gasteiger partial charge in [-0.3, -0.25) is 4.79 Å². The quantitative estimate of drug-likeness (QED) is 0.477. The Hall–Kier alpha value is -2.65. The highest BCUT2D eigenvalue weighted by molar-refractivity contribution is 5.78. The maximum atomic E-state index is 13.5. The fraction of sp³-hybridized carbons (Fsp3) is 0.188. The Morgan fingerprint density at radius 1 is 0.885 bits per heavy atom. The molecule has 10 heteroatoms. The van der Waals surface area contributed by atoms with Crippen molar-refractivity contribution in [2.75, 3.05) is 0 Å². The molecule has 0 aromatic heterocycles. The van der Waals surface area contributed by atoms with Crippen molar-refractivity contribution < 1.29 is 39.9 Å². The molecular formula is C16H9F8NO. The fourth-order valence-corrected chi connectivity index (χ4v) is 2.09. The summed E-state index contributed by atoms with van der Waals surface area (Å²) in [6, 6.07) is 3.90. The number of alkyl halides is 3. The molecule has 140 valence electrons. The first kappa shape index (κ1) is 19.7. The number of hydrogen-bond acceptors (Lipinski definition) is 1. The van der Waals surface area contributed by atoms with Crippen molar-refractivity contribution >= 4 is 5.91 Å². The number of halogens is 8. The van der Waals surface area contributed by atoms with Gasteiger partial charge in [-0.25, -0.2) is 22.0 Å². The van der Waals surface area contributed by atoms with Gasteiger partial charge in [-0.1, -0.05) is 12.1 Å². The van der Waals surface area contributed by atoms with Gasteiger partial charge in [0.05, 0.1) is 12.0 Å². The summed E-state index contributed by atoms with van der Waals surface area (Å²) in [4.78, 5) is 11.7. The van der Waals surface area contributed by atoms with E-state index in [4.69, 9.17) is 0 Å². The number of amides is 1. The van der Waals surface area contributed by atoms with Crippen molar-refractivity contribution in [1.29, 1.82) is 0 Å². The van der Waals surface area contributed by atoms with E-state index in [9.17, 15) is 39.9 Å². The van der Waals surface area contributed by atoms with Gasteiger partial charge in [0.25, 0.3) is 0 Å². The molecule has 0 atom stereocenters. The van der Waals surface area contributed by atoms with Gasteiger partial charge in [-0.15, -0.1) is 0 Å². The minimum atomic E-state index is -4.60. The van der Waals surface area contributed by atoms with Crippen LogP contribution >= 0.6 is 0 Å². The van der Waals surface area contributed by atoms with E-state index in [-0.39, 0.29) is 5.56 Å². The monoisotopic (exact) mass is 383 g/mol. The van der Waals surface area contributed by atoms with Crippen LogP contribution in [0.15, 0.2) is 24.3 Å². The zero-order valence-electron chi connectivity index (χ0n) is 12.7. The Bertz CT molecular complexity index is 818. The van der Waals surface area contributed by atoms with Gasteiger partial charge >= 0.3 is 6.18 Å². The number of carbonyl (C=O) groups excluding carboxylic acids is 1. The highest BCUT2D eigenvalue weighted by atomic mass is 19.4. The number of benzene rings is 2. The molecule has 0 unspecified atom stereocenters. The van der Waals surface area contributed by atoms with E-state index in [1.807, 2.05) is 0 Å². The van der Waals surface area contributed by atoms with E-state index < -0.39 is 65.3 Å². The van der Waals surface area contributed by atoms with E-state index in [2.05, 4.69) is 5.32 Å². The van der Waals surface area contributed by atoms with Gasteiger partial charge in [0.15, 0.2) is 23.3 Å². The second-order valence-electron chi connectivity index (χ2n) is 5.20. The van der Waals surface area contributed by atoms with Crippen LogP contribution in [0.2, 0.25) is 0 Å². The first-order valence-corrected chi connectivity index (χ1v) is 6.95. The van der Waals surface area contributed by atoms with E-state index in [1.165, 1.54) is 6.07 Å². The topological polar surface area (TPSA) is 29.1 Å². The highest BCUT2D eigenvalue weighted by Crippen LogP contribution is 2.29. The molecule has 2 aromatic carbocycles. The molecule has 1 amide bonds. The Labute approximate surface area is 141 Å². The molecule has 0 radical (unpaired) electrons. The minimum Gasteiger partial charge on any atom is -0.352 e. The first-order chi connectivity index (χ1) is 12.0. The molecule has 0 spiro atoms. The van der Waals surface area contributed by atoms with Crippen LogP contribution in [0, 0.1) is 29.1 Å². The first-order valence-electron chi connectivity index (χ1n) is 6.95. The van der Waals surface area contributed by atoms with Crippen LogP contribution in [0.1, 0.15) is 16.7 Å². The van der Waals surface area contributed by atoms with Crippen molar-refractivity contribution in [3.8, 4) is 0 Å². The van der Waals surface area contributed by atoms with Crippen LogP contribution in [-0.4, -0.2) is 5.91 Å². The Balaban J connectivity index is 2.12. The Kier molecular flexibility index (Phi) is 5.53. The molecule has 2 aromatic rings. The lowest BCUT2D eigenvalue weighted by Gasteiger charge is -2.11. The van der Waals surface area contributed by atoms with Crippen LogP contribution in [0.5, 0.6) is 0 Å². The normalized spacial score (nSPS) is 11.5. The molecule has 0 fully saturated rings. The molecule has 0 heterocycles. The predicted molar refractivity (Wildman–Crippen MR) is 73.2 cm³/mol. The van der Waals surface area contributed by atoms with Crippen LogP contribution < -0.4 is 5.32 Å². The summed E-state index contributed by atoms with van der Waals surface area (Å²) in [6.45, 7) is -0.432. The molecule has 2 nitrogen and oxygen atoms in total. The maximum absolute atomic E-state index is 13.5. The van der Waals surface area contributed by atoms with Crippen molar-refractivity contribution in [2.24, 2.45) is 0 Å². The third-order valence-electron chi connectivity index (χ3n) is 3.38. The average Bonchev–Trinajstić information content (AvgIpc) is 2.60. The van der Waals surface area contributed by atoms with Crippen LogP contribution in [0.3, 0.4) is 0 Å². The van der Waals surface area contributed by atoms with Gasteiger partial charge < -0.3 is 5.32 Å². The summed E-state index contributed by atoms with van der Waals surface area (Å²) in [7, 11) is 0. The molecule has 2 rings (SSSR count). The second-order valence-corrected chi connectivity index (χ2v) is 5.20. The summed E-state index contributed by atoms with van der Waals surface area (Å²) in [5, 5.41) is 2.06. The van der Waals surface area contributed by atoms with Gasteiger partial charge in [-0.05, 0) is 17.7 Å². The summed E-state index contributed by atoms with van der Waals surface area (Å²) in [5.74, 6) is -12.2. The van der Waals surface area contributed by atoms with Gasteiger partial charge in [0.2, 0.25) is 11.7 Å². The molecule has 0 aliphatic heterocycles. The Morgan fingerprint density at radius 3 is 1.96 bits per heavy atom. The minimum absolute atomic E-state index is 0.0330. The SMILES string of the molecule is O=C(Cc1c(F)c(F)c(F)c(F)c1F)NCc1cccc(C(F)(F)F)c1. The molecule has 0 bridgehead atoms. The largest absolute Gasteiger partial charge is 0.416 e. The van der Waals surface area contributed by atoms with Gasteiger partial charge in [0.1, 0.15) is 0 Å². The molecule has 0 saturated heterocycles. The van der Waals surface area contributed by atoms with Crippen LogP contribution in [-0.2, 0) is 23.9 Å². The van der Waals surface area contributed by atoms with E-state index in [0.29, 0.717) is 0 Å². The predicted octanol–water partition coefficient (Wildman–Crippen LogP) is 4.26. The van der Waals surface area contributed by atoms with E-state index >= 15 is 0 Å². The molecule has 0 saturated carbocycles. The van der Waals surface area contributed by atoms with Crippen molar-refractivity contribution in [3.05, 3.63) is 70.0 Å². The molecule has 26 heavy (non-hydrogen) atoms. The van der Waals surface area contributed by atoms with Gasteiger partial charge in [-0.2, -0.15) is 13.2 Å². The maximum Gasteiger partial charge on any atom is 0.416 e. The molecule has 0 aliphatic rings. The lowest BCUT2D eigenvalue weighted by Crippen LogP contribution is -2.26. The van der Waals surface area contributed by atoms with E-state index in [1.54, 1.807) is 0 Å². The van der Waals surface area contributed by atoms with Gasteiger partial charge in [0, 0.05) is 12.1 Å². The molecule has 0 aliphatic carbocycles. The molecule has 1 N–H and O–H groups in total. The van der Waals surface area contributed by atoms with Crippen LogP contribution in [0.25, 0.3) is 0 Å². The number of nitrogens with one attached hydrogen (secondary N) is 1. The number of carbonyl (C=O) groups is 1. The third kappa shape index (κ3) is 4.12. The summed E-state index contributed by atoms with van der Waals surface area (Å²) >= 11 is 0. The third-order valence-corrected chi connectivity index (χ3v) is 3.38. The lowest BCUT2D eigenvalue weighted by atomic mass is 10.1. The lowest BCUT2D eigenvalue weighted by molar-refractivity contribution is -0.137. The van der Waals surface area contributed by atoms with Crippen molar-refractivity contribution in [1.82, 2.24) is 5.32 Å². The van der Waals surface area contributed by atoms with Crippen LogP contribution in [0.4, 0.5) is 35.1 Å². The standard InChI is InChI=1S/C16H9F8NO/c17-11-9(12(18)14(20)15(21)13(11)19)5-10(26)25-6-7-2-1-3-8(4-7)16(22,23)24/h1-4H,5-6H2,(H,25,26). The number of rotatable bonds is 4. The van der Waals surface area contributed by atoms with E-state index in [0.717, 1.165) is 18.2 Å². The smallest absolute Gasteiger partial charge is 0.352 e. The second kappa shape index (κ2) is 7.30. The summed E-state index contributed by atoms with van der Waals surface area (Å²) in [6.07, 6.45) is -5.78. The average molecular weight is 383 g/mol. The summed E-state index contributed by atoms with van der Waals surface area (Å²) < 4.78 is 104. The van der Waals surface area contributed by atoms with Crippen molar-refractivity contribution in [2.45, 2.75) is 19.1 Å². The zero-order valence-corrected chi connectivity index (χ0v) is 12.7. The fourth-order valence-electron chi connectivity index (χ4n) is 2.09. The summed E-state index contributed by atoms with van der Waals surface area (Å²) in [5.41, 5.74) is -2.27. The molecular weight excluding hydrogens is 374 g/mol. The zero-order chi connectivity index (χ0) is 19.6. The number of hydrogen-bond donors (Lipinski definition) is 1.